The molecule has 4 heteroatoms. The van der Waals surface area contributed by atoms with Crippen molar-refractivity contribution in [1.29, 1.82) is 0 Å². The summed E-state index contributed by atoms with van der Waals surface area (Å²) >= 11 is 0. The van der Waals surface area contributed by atoms with Crippen molar-refractivity contribution >= 4 is 11.6 Å². The van der Waals surface area contributed by atoms with Crippen LogP contribution in [0.5, 0.6) is 0 Å². The third-order valence-electron chi connectivity index (χ3n) is 3.89. The lowest BCUT2D eigenvalue weighted by Gasteiger charge is -2.35. The van der Waals surface area contributed by atoms with Gasteiger partial charge in [0, 0.05) is 30.4 Å². The molecule has 0 unspecified atom stereocenters. The number of carbonyl (C=O) groups excluding carboxylic acids is 1. The largest absolute Gasteiger partial charge is 0.385 e. The Morgan fingerprint density at radius 2 is 2.10 bits per heavy atom. The molecular formula is C17H26N2O2. The summed E-state index contributed by atoms with van der Waals surface area (Å²) in [7, 11) is 0. The monoisotopic (exact) mass is 290 g/mol. The number of amides is 1. The number of hydrogen-bond acceptors (Lipinski definition) is 3. The molecular weight excluding hydrogens is 264 g/mol. The first-order valence-electron chi connectivity index (χ1n) is 7.91. The van der Waals surface area contributed by atoms with Crippen LogP contribution in [0.4, 0.5) is 5.69 Å². The first-order chi connectivity index (χ1) is 10.1. The van der Waals surface area contributed by atoms with Gasteiger partial charge in [0.1, 0.15) is 0 Å². The van der Waals surface area contributed by atoms with Gasteiger partial charge in [0.05, 0.1) is 6.10 Å². The Balaban J connectivity index is 1.87. The highest BCUT2D eigenvalue weighted by molar-refractivity contribution is 5.95. The number of rotatable bonds is 7. The number of hydrogen-bond donors (Lipinski definition) is 2. The first kappa shape index (κ1) is 15.8. The second-order valence-corrected chi connectivity index (χ2v) is 5.68. The molecule has 1 fully saturated rings. The summed E-state index contributed by atoms with van der Waals surface area (Å²) in [5, 5.41) is 6.44. The number of ether oxygens (including phenoxy) is 1. The maximum atomic E-state index is 12.2. The fraction of sp³-hybridized carbons (Fsp3) is 0.588. The van der Waals surface area contributed by atoms with Crippen molar-refractivity contribution in [2.75, 3.05) is 18.5 Å². The van der Waals surface area contributed by atoms with Gasteiger partial charge in [-0.15, -0.1) is 0 Å². The van der Waals surface area contributed by atoms with Crippen molar-refractivity contribution in [2.24, 2.45) is 0 Å². The molecule has 21 heavy (non-hydrogen) atoms. The molecule has 0 aliphatic heterocycles. The molecule has 1 amide bonds. The molecule has 0 bridgehead atoms. The summed E-state index contributed by atoms with van der Waals surface area (Å²) in [6.45, 7) is 7.87. The van der Waals surface area contributed by atoms with E-state index in [1.165, 1.54) is 0 Å². The highest BCUT2D eigenvalue weighted by atomic mass is 16.5. The predicted molar refractivity (Wildman–Crippen MR) is 85.9 cm³/mol. The lowest BCUT2D eigenvalue weighted by molar-refractivity contribution is -0.00862. The van der Waals surface area contributed by atoms with Gasteiger partial charge in [0.15, 0.2) is 0 Å². The standard InChI is InChI=1S/C17H26N2O2/c1-4-8-18-16-7-6-13(9-12(16)3)17(20)19-14-10-15(11-14)21-5-2/h6-7,9,14-15,18H,4-5,8,10-11H2,1-3H3,(H,19,20). The van der Waals surface area contributed by atoms with Crippen LogP contribution in [0, 0.1) is 6.92 Å². The molecule has 116 valence electrons. The molecule has 0 radical (unpaired) electrons. The molecule has 1 saturated carbocycles. The van der Waals surface area contributed by atoms with E-state index in [2.05, 4.69) is 17.6 Å². The Hall–Kier alpha value is -1.55. The zero-order chi connectivity index (χ0) is 15.2. The van der Waals surface area contributed by atoms with Crippen molar-refractivity contribution in [2.45, 2.75) is 52.2 Å². The molecule has 1 aromatic rings. The molecule has 0 aromatic heterocycles. The summed E-state index contributed by atoms with van der Waals surface area (Å²) in [6, 6.07) is 6.08. The van der Waals surface area contributed by atoms with Gasteiger partial charge in [0.2, 0.25) is 0 Å². The Bertz CT molecular complexity index is 482. The van der Waals surface area contributed by atoms with E-state index in [1.807, 2.05) is 32.0 Å². The van der Waals surface area contributed by atoms with E-state index in [0.29, 0.717) is 6.10 Å². The number of benzene rings is 1. The van der Waals surface area contributed by atoms with Crippen LogP contribution in [0.3, 0.4) is 0 Å². The van der Waals surface area contributed by atoms with Crippen LogP contribution < -0.4 is 10.6 Å². The van der Waals surface area contributed by atoms with Crippen LogP contribution in [-0.2, 0) is 4.74 Å². The van der Waals surface area contributed by atoms with Gasteiger partial charge >= 0.3 is 0 Å². The molecule has 4 nitrogen and oxygen atoms in total. The second kappa shape index (κ2) is 7.46. The first-order valence-corrected chi connectivity index (χ1v) is 7.91. The molecule has 1 aromatic carbocycles. The number of carbonyl (C=O) groups is 1. The zero-order valence-electron chi connectivity index (χ0n) is 13.2. The molecule has 2 rings (SSSR count). The van der Waals surface area contributed by atoms with Crippen LogP contribution in [0.15, 0.2) is 18.2 Å². The fourth-order valence-electron chi connectivity index (χ4n) is 2.59. The minimum absolute atomic E-state index is 0.0140. The summed E-state index contributed by atoms with van der Waals surface area (Å²) in [4.78, 5) is 12.2. The average molecular weight is 290 g/mol. The van der Waals surface area contributed by atoms with Gasteiger partial charge in [-0.25, -0.2) is 0 Å². The van der Waals surface area contributed by atoms with E-state index < -0.39 is 0 Å². The van der Waals surface area contributed by atoms with E-state index in [1.54, 1.807) is 0 Å². The number of anilines is 1. The molecule has 0 spiro atoms. The maximum Gasteiger partial charge on any atom is 0.251 e. The van der Waals surface area contributed by atoms with Crippen molar-refractivity contribution in [3.63, 3.8) is 0 Å². The highest BCUT2D eigenvalue weighted by Crippen LogP contribution is 2.24. The molecule has 1 aliphatic rings. The zero-order valence-corrected chi connectivity index (χ0v) is 13.2. The smallest absolute Gasteiger partial charge is 0.251 e. The van der Waals surface area contributed by atoms with Gasteiger partial charge in [-0.3, -0.25) is 4.79 Å². The average Bonchev–Trinajstić information content (AvgIpc) is 2.43. The van der Waals surface area contributed by atoms with E-state index in [-0.39, 0.29) is 11.9 Å². The van der Waals surface area contributed by atoms with Gasteiger partial charge in [-0.05, 0) is 56.9 Å². The van der Waals surface area contributed by atoms with E-state index >= 15 is 0 Å². The Labute approximate surface area is 127 Å². The molecule has 0 atom stereocenters. The summed E-state index contributed by atoms with van der Waals surface area (Å²) in [5.74, 6) is 0.0140. The third kappa shape index (κ3) is 4.21. The van der Waals surface area contributed by atoms with Crippen molar-refractivity contribution in [3.8, 4) is 0 Å². The number of nitrogens with one attached hydrogen (secondary N) is 2. The van der Waals surface area contributed by atoms with E-state index in [4.69, 9.17) is 4.74 Å². The van der Waals surface area contributed by atoms with E-state index in [0.717, 1.165) is 49.2 Å². The topological polar surface area (TPSA) is 50.4 Å². The lowest BCUT2D eigenvalue weighted by atomic mass is 9.89. The van der Waals surface area contributed by atoms with Crippen molar-refractivity contribution in [3.05, 3.63) is 29.3 Å². The highest BCUT2D eigenvalue weighted by Gasteiger charge is 2.30. The Morgan fingerprint density at radius 1 is 1.33 bits per heavy atom. The fourth-order valence-corrected chi connectivity index (χ4v) is 2.59. The van der Waals surface area contributed by atoms with Crippen LogP contribution in [0.1, 0.15) is 49.0 Å². The third-order valence-corrected chi connectivity index (χ3v) is 3.89. The van der Waals surface area contributed by atoms with Crippen molar-refractivity contribution in [1.82, 2.24) is 5.32 Å². The quantitative estimate of drug-likeness (QED) is 0.811. The lowest BCUT2D eigenvalue weighted by Crippen LogP contribution is -2.47. The van der Waals surface area contributed by atoms with Crippen LogP contribution in [0.2, 0.25) is 0 Å². The Kier molecular flexibility index (Phi) is 5.62. The van der Waals surface area contributed by atoms with Crippen LogP contribution >= 0.6 is 0 Å². The molecule has 2 N–H and O–H groups in total. The minimum atomic E-state index is 0.0140. The normalized spacial score (nSPS) is 20.7. The van der Waals surface area contributed by atoms with E-state index in [9.17, 15) is 4.79 Å². The molecule has 0 heterocycles. The van der Waals surface area contributed by atoms with Crippen LogP contribution in [-0.4, -0.2) is 31.2 Å². The SMILES string of the molecule is CCCNc1ccc(C(=O)NC2CC(OCC)C2)cc1C. The molecule has 1 aliphatic carbocycles. The summed E-state index contributed by atoms with van der Waals surface area (Å²) in [5.41, 5.74) is 2.94. The second-order valence-electron chi connectivity index (χ2n) is 5.68. The van der Waals surface area contributed by atoms with Gasteiger partial charge in [-0.1, -0.05) is 6.92 Å². The minimum Gasteiger partial charge on any atom is -0.385 e. The number of aryl methyl sites for hydroxylation is 1. The summed E-state index contributed by atoms with van der Waals surface area (Å²) in [6.07, 6.45) is 3.26. The summed E-state index contributed by atoms with van der Waals surface area (Å²) < 4.78 is 5.51. The van der Waals surface area contributed by atoms with Gasteiger partial charge in [-0.2, -0.15) is 0 Å². The van der Waals surface area contributed by atoms with Crippen LogP contribution in [0.25, 0.3) is 0 Å². The van der Waals surface area contributed by atoms with Gasteiger partial charge < -0.3 is 15.4 Å². The van der Waals surface area contributed by atoms with Crippen molar-refractivity contribution < 1.29 is 9.53 Å². The Morgan fingerprint density at radius 3 is 2.71 bits per heavy atom. The van der Waals surface area contributed by atoms with Gasteiger partial charge in [0.25, 0.3) is 5.91 Å². The predicted octanol–water partition coefficient (Wildman–Crippen LogP) is 3.11. The maximum absolute atomic E-state index is 12.2. The molecule has 0 saturated heterocycles.